The molecule has 0 atom stereocenters. The summed E-state index contributed by atoms with van der Waals surface area (Å²) in [6.07, 6.45) is 6.46. The van der Waals surface area contributed by atoms with Crippen LogP contribution in [0.4, 0.5) is 0 Å². The fraction of sp³-hybridized carbons (Fsp3) is 0.583. The summed E-state index contributed by atoms with van der Waals surface area (Å²) < 4.78 is 0. The largest absolute Gasteiger partial charge is 0.361 e. The van der Waals surface area contributed by atoms with Gasteiger partial charge in [0.1, 0.15) is 0 Å². The second-order valence-corrected chi connectivity index (χ2v) is 8.83. The standard InChI is InChI=1S/C24H36N6O.HI/c1-18-6-7-21-20(17-28-22(21)16-18)8-9-26-24(25-2)27-10-11-29-12-14-30(15-13-29)23(31)19-4-3-5-19;/h6-7,16-17,19,28H,3-5,8-15H2,1-2H3,(H2,25,26,27);1H. The van der Waals surface area contributed by atoms with Crippen LogP contribution in [0.1, 0.15) is 30.4 Å². The second kappa shape index (κ2) is 11.9. The normalized spacial score (nSPS) is 17.7. The van der Waals surface area contributed by atoms with Crippen molar-refractivity contribution in [2.24, 2.45) is 10.9 Å². The van der Waals surface area contributed by atoms with Crippen LogP contribution in [0.5, 0.6) is 0 Å². The molecule has 0 radical (unpaired) electrons. The highest BCUT2D eigenvalue weighted by Gasteiger charge is 2.30. The lowest BCUT2D eigenvalue weighted by Gasteiger charge is -2.38. The zero-order valence-electron chi connectivity index (χ0n) is 19.3. The maximum Gasteiger partial charge on any atom is 0.225 e. The van der Waals surface area contributed by atoms with Gasteiger partial charge < -0.3 is 20.5 Å². The smallest absolute Gasteiger partial charge is 0.225 e. The topological polar surface area (TPSA) is 75.8 Å². The zero-order chi connectivity index (χ0) is 21.6. The number of guanidine groups is 1. The minimum absolute atomic E-state index is 0. The summed E-state index contributed by atoms with van der Waals surface area (Å²) >= 11 is 0. The number of halogens is 1. The number of amides is 1. The highest BCUT2D eigenvalue weighted by atomic mass is 127. The lowest BCUT2D eigenvalue weighted by molar-refractivity contribution is -0.139. The average molecular weight is 553 g/mol. The van der Waals surface area contributed by atoms with Gasteiger partial charge in [-0.05, 0) is 43.4 Å². The molecule has 1 aromatic heterocycles. The third kappa shape index (κ3) is 6.15. The van der Waals surface area contributed by atoms with Gasteiger partial charge in [0.25, 0.3) is 0 Å². The maximum atomic E-state index is 12.4. The summed E-state index contributed by atoms with van der Waals surface area (Å²) in [7, 11) is 1.81. The van der Waals surface area contributed by atoms with Gasteiger partial charge in [-0.15, -0.1) is 24.0 Å². The van der Waals surface area contributed by atoms with Gasteiger partial charge in [-0.3, -0.25) is 14.7 Å². The first-order valence-electron chi connectivity index (χ1n) is 11.7. The van der Waals surface area contributed by atoms with Gasteiger partial charge in [0.2, 0.25) is 5.91 Å². The van der Waals surface area contributed by atoms with Gasteiger partial charge in [-0.25, -0.2) is 0 Å². The molecule has 0 unspecified atom stereocenters. The fourth-order valence-corrected chi connectivity index (χ4v) is 4.48. The van der Waals surface area contributed by atoms with Crippen molar-refractivity contribution in [1.82, 2.24) is 25.4 Å². The number of aromatic nitrogens is 1. The number of carbonyl (C=O) groups excluding carboxylic acids is 1. The van der Waals surface area contributed by atoms with E-state index in [0.717, 1.165) is 71.0 Å². The molecule has 2 aliphatic rings. The molecule has 0 bridgehead atoms. The molecule has 8 heteroatoms. The van der Waals surface area contributed by atoms with Crippen molar-refractivity contribution in [2.45, 2.75) is 32.6 Å². The predicted molar refractivity (Wildman–Crippen MR) is 142 cm³/mol. The van der Waals surface area contributed by atoms with E-state index in [1.54, 1.807) is 0 Å². The van der Waals surface area contributed by atoms with Crippen LogP contribution in [0.25, 0.3) is 10.9 Å². The van der Waals surface area contributed by atoms with E-state index in [4.69, 9.17) is 0 Å². The number of hydrogen-bond acceptors (Lipinski definition) is 3. The molecule has 7 nitrogen and oxygen atoms in total. The van der Waals surface area contributed by atoms with Crippen LogP contribution in [-0.4, -0.2) is 79.5 Å². The minimum atomic E-state index is 0. The first-order valence-corrected chi connectivity index (χ1v) is 11.7. The summed E-state index contributed by atoms with van der Waals surface area (Å²) in [6.45, 7) is 8.43. The van der Waals surface area contributed by atoms with Gasteiger partial charge in [0, 0.05) is 75.9 Å². The van der Waals surface area contributed by atoms with Gasteiger partial charge in [0.05, 0.1) is 0 Å². The Labute approximate surface area is 208 Å². The molecule has 1 saturated carbocycles. The van der Waals surface area contributed by atoms with Crippen molar-refractivity contribution in [3.8, 4) is 0 Å². The number of H-pyrrole nitrogens is 1. The Kier molecular flexibility index (Phi) is 9.22. The molecular formula is C24H37IN6O. The van der Waals surface area contributed by atoms with Gasteiger partial charge in [-0.2, -0.15) is 0 Å². The van der Waals surface area contributed by atoms with Crippen molar-refractivity contribution < 1.29 is 4.79 Å². The summed E-state index contributed by atoms with van der Waals surface area (Å²) in [5.41, 5.74) is 3.80. The van der Waals surface area contributed by atoms with Crippen LogP contribution < -0.4 is 10.6 Å². The summed E-state index contributed by atoms with van der Waals surface area (Å²) in [5.74, 6) is 1.55. The SMILES string of the molecule is CN=C(NCCc1c[nH]c2cc(C)ccc12)NCCN1CCN(C(=O)C2CCC2)CC1.I. The van der Waals surface area contributed by atoms with Crippen molar-refractivity contribution in [3.05, 3.63) is 35.5 Å². The van der Waals surface area contributed by atoms with E-state index in [2.05, 4.69) is 61.7 Å². The third-order valence-corrected chi connectivity index (χ3v) is 6.69. The lowest BCUT2D eigenvalue weighted by Crippen LogP contribution is -2.52. The molecular weight excluding hydrogens is 515 g/mol. The van der Waals surface area contributed by atoms with E-state index in [-0.39, 0.29) is 24.0 Å². The molecule has 1 amide bonds. The quantitative estimate of drug-likeness (QED) is 0.281. The molecule has 2 fully saturated rings. The molecule has 32 heavy (non-hydrogen) atoms. The van der Waals surface area contributed by atoms with Crippen LogP contribution in [-0.2, 0) is 11.2 Å². The van der Waals surface area contributed by atoms with Gasteiger partial charge >= 0.3 is 0 Å². The summed E-state index contributed by atoms with van der Waals surface area (Å²) in [5, 5.41) is 8.14. The number of nitrogens with zero attached hydrogens (tertiary/aromatic N) is 3. The summed E-state index contributed by atoms with van der Waals surface area (Å²) in [6, 6.07) is 6.55. The summed E-state index contributed by atoms with van der Waals surface area (Å²) in [4.78, 5) is 24.6. The van der Waals surface area contributed by atoms with Gasteiger partial charge in [-0.1, -0.05) is 18.6 Å². The van der Waals surface area contributed by atoms with Crippen LogP contribution >= 0.6 is 24.0 Å². The Balaban J connectivity index is 0.00000289. The Morgan fingerprint density at radius 3 is 2.59 bits per heavy atom. The van der Waals surface area contributed by atoms with Crippen molar-refractivity contribution in [2.75, 3.05) is 52.9 Å². The number of benzene rings is 1. The van der Waals surface area contributed by atoms with Crippen molar-refractivity contribution >= 4 is 46.7 Å². The fourth-order valence-electron chi connectivity index (χ4n) is 4.48. The number of piperazine rings is 1. The van der Waals surface area contributed by atoms with Gasteiger partial charge in [0.15, 0.2) is 5.96 Å². The van der Waals surface area contributed by atoms with E-state index in [0.29, 0.717) is 11.8 Å². The van der Waals surface area contributed by atoms with E-state index in [9.17, 15) is 4.79 Å². The highest BCUT2D eigenvalue weighted by molar-refractivity contribution is 14.0. The molecule has 176 valence electrons. The molecule has 1 saturated heterocycles. The minimum Gasteiger partial charge on any atom is -0.361 e. The molecule has 2 heterocycles. The number of carbonyl (C=O) groups is 1. The van der Waals surface area contributed by atoms with Crippen LogP contribution in [0.3, 0.4) is 0 Å². The number of aryl methyl sites for hydroxylation is 1. The predicted octanol–water partition coefficient (Wildman–Crippen LogP) is 2.75. The Hall–Kier alpha value is -1.81. The number of nitrogens with one attached hydrogen (secondary N) is 3. The second-order valence-electron chi connectivity index (χ2n) is 8.83. The third-order valence-electron chi connectivity index (χ3n) is 6.69. The van der Waals surface area contributed by atoms with Crippen LogP contribution in [0, 0.1) is 12.8 Å². The average Bonchev–Trinajstić information content (AvgIpc) is 3.13. The molecule has 1 aliphatic carbocycles. The van der Waals surface area contributed by atoms with E-state index >= 15 is 0 Å². The van der Waals surface area contributed by atoms with E-state index in [1.165, 1.54) is 28.5 Å². The Bertz CT molecular complexity index is 914. The van der Waals surface area contributed by atoms with Crippen molar-refractivity contribution in [3.63, 3.8) is 0 Å². The molecule has 3 N–H and O–H groups in total. The van der Waals surface area contributed by atoms with E-state index < -0.39 is 0 Å². The van der Waals surface area contributed by atoms with Crippen LogP contribution in [0.2, 0.25) is 0 Å². The Morgan fingerprint density at radius 2 is 1.91 bits per heavy atom. The first-order chi connectivity index (χ1) is 15.1. The molecule has 2 aromatic rings. The van der Waals surface area contributed by atoms with Crippen molar-refractivity contribution in [1.29, 1.82) is 0 Å². The zero-order valence-corrected chi connectivity index (χ0v) is 21.7. The first kappa shape index (κ1) is 24.8. The number of aromatic amines is 1. The molecule has 1 aliphatic heterocycles. The Morgan fingerprint density at radius 1 is 1.16 bits per heavy atom. The number of hydrogen-bond donors (Lipinski definition) is 3. The van der Waals surface area contributed by atoms with E-state index in [1.807, 2.05) is 7.05 Å². The number of aliphatic imine (C=N–C) groups is 1. The monoisotopic (exact) mass is 552 g/mol. The molecule has 4 rings (SSSR count). The number of rotatable bonds is 7. The van der Waals surface area contributed by atoms with Crippen LogP contribution in [0.15, 0.2) is 29.4 Å². The highest BCUT2D eigenvalue weighted by Crippen LogP contribution is 2.28. The molecule has 1 aromatic carbocycles. The lowest BCUT2D eigenvalue weighted by atomic mass is 9.84. The maximum absolute atomic E-state index is 12.4. The molecule has 0 spiro atoms. The number of fused-ring (bicyclic) bond motifs is 1.